The van der Waals surface area contributed by atoms with Crippen molar-refractivity contribution in [3.05, 3.63) is 26.4 Å². The van der Waals surface area contributed by atoms with Crippen molar-refractivity contribution >= 4 is 10.0 Å². The molecule has 0 unspecified atom stereocenters. The first kappa shape index (κ1) is 16.4. The summed E-state index contributed by atoms with van der Waals surface area (Å²) < 4.78 is 25.8. The number of rotatable bonds is 5. The Morgan fingerprint density at radius 3 is 2.35 bits per heavy atom. The van der Waals surface area contributed by atoms with Gasteiger partial charge in [0.1, 0.15) is 0 Å². The van der Waals surface area contributed by atoms with E-state index in [1.165, 1.54) is 0 Å². The number of hydrogen-bond acceptors (Lipinski definition) is 5. The lowest BCUT2D eigenvalue weighted by Gasteiger charge is -2.26. The molecule has 0 saturated heterocycles. The van der Waals surface area contributed by atoms with E-state index >= 15 is 0 Å². The number of aromatic nitrogens is 2. The van der Waals surface area contributed by atoms with E-state index in [-0.39, 0.29) is 18.5 Å². The Kier molecular flexibility index (Phi) is 4.45. The summed E-state index contributed by atoms with van der Waals surface area (Å²) in [4.78, 5) is 25.3. The number of hydrogen-bond donors (Lipinski definition) is 3. The minimum absolute atomic E-state index is 0.0831. The maximum Gasteiger partial charge on any atom is 0.331 e. The van der Waals surface area contributed by atoms with Gasteiger partial charge in [-0.1, -0.05) is 6.92 Å². The molecule has 0 atom stereocenters. The summed E-state index contributed by atoms with van der Waals surface area (Å²) in [6.45, 7) is 4.68. The zero-order chi connectivity index (χ0) is 15.7. The highest BCUT2D eigenvalue weighted by molar-refractivity contribution is 7.88. The van der Waals surface area contributed by atoms with E-state index in [0.29, 0.717) is 0 Å². The molecule has 1 aromatic heterocycles. The highest BCUT2D eigenvalue weighted by Crippen LogP contribution is 2.15. The second-order valence-corrected chi connectivity index (χ2v) is 7.01. The minimum atomic E-state index is -3.47. The van der Waals surface area contributed by atoms with Crippen LogP contribution < -0.4 is 16.0 Å². The van der Waals surface area contributed by atoms with Gasteiger partial charge in [0, 0.05) is 12.1 Å². The van der Waals surface area contributed by atoms with E-state index in [0.717, 1.165) is 10.8 Å². The smallest absolute Gasteiger partial charge is 0.331 e. The maximum atomic E-state index is 11.7. The van der Waals surface area contributed by atoms with Crippen molar-refractivity contribution in [2.75, 3.05) is 6.26 Å². The fourth-order valence-corrected chi connectivity index (χ4v) is 3.06. The lowest BCUT2D eigenvalue weighted by molar-refractivity contribution is 0.330. The predicted octanol–water partition coefficient (Wildman–Crippen LogP) is -0.868. The lowest BCUT2D eigenvalue weighted by Crippen LogP contribution is -2.48. The Morgan fingerprint density at radius 2 is 1.90 bits per heavy atom. The van der Waals surface area contributed by atoms with Gasteiger partial charge in [0.25, 0.3) is 5.56 Å². The van der Waals surface area contributed by atoms with Crippen molar-refractivity contribution in [3.8, 4) is 5.88 Å². The Bertz CT molecular complexity index is 715. The first-order valence-corrected chi connectivity index (χ1v) is 7.90. The first-order valence-electron chi connectivity index (χ1n) is 6.01. The molecule has 20 heavy (non-hydrogen) atoms. The molecule has 114 valence electrons. The fourth-order valence-electron chi connectivity index (χ4n) is 2.00. The molecule has 0 aromatic carbocycles. The van der Waals surface area contributed by atoms with E-state index in [1.807, 2.05) is 0 Å². The van der Waals surface area contributed by atoms with Crippen molar-refractivity contribution in [2.45, 2.75) is 39.3 Å². The van der Waals surface area contributed by atoms with Crippen LogP contribution in [0, 0.1) is 0 Å². The summed E-state index contributed by atoms with van der Waals surface area (Å²) in [7, 11) is -3.47. The fraction of sp³-hybridized carbons (Fsp3) is 0.636. The predicted molar refractivity (Wildman–Crippen MR) is 74.4 cm³/mol. The van der Waals surface area contributed by atoms with Crippen LogP contribution in [0.4, 0.5) is 0 Å². The molecule has 8 nitrogen and oxygen atoms in total. The normalized spacial score (nSPS) is 12.6. The topological polar surface area (TPSA) is 121 Å². The average Bonchev–Trinajstić information content (AvgIpc) is 2.21. The summed E-state index contributed by atoms with van der Waals surface area (Å²) in [5, 5.41) is 9.98. The number of sulfonamides is 1. The quantitative estimate of drug-likeness (QED) is 0.653. The maximum absolute atomic E-state index is 11.7. The van der Waals surface area contributed by atoms with Crippen LogP contribution in [0.2, 0.25) is 0 Å². The second-order valence-electron chi connectivity index (χ2n) is 5.26. The molecule has 0 aliphatic carbocycles. The summed E-state index contributed by atoms with van der Waals surface area (Å²) in [6.07, 6.45) is 1.25. The van der Waals surface area contributed by atoms with E-state index in [1.54, 1.807) is 20.8 Å². The van der Waals surface area contributed by atoms with Crippen molar-refractivity contribution in [2.24, 2.45) is 0 Å². The molecule has 0 amide bonds. The molecular weight excluding hydrogens is 286 g/mol. The molecule has 1 heterocycles. The van der Waals surface area contributed by atoms with Crippen molar-refractivity contribution in [3.63, 3.8) is 0 Å². The average molecular weight is 305 g/mol. The van der Waals surface area contributed by atoms with Crippen LogP contribution in [0.5, 0.6) is 5.88 Å². The Morgan fingerprint density at radius 1 is 1.35 bits per heavy atom. The standard InChI is InChI=1S/C11H19N3O5S/c1-5-7-8(15)12-10(17)14(9(7)16)6-11(2,3)13-20(4,18)19/h13,16H,5-6H2,1-4H3,(H,12,15,17). The SMILES string of the molecule is CCc1c(O)n(CC(C)(C)NS(C)(=O)=O)c(=O)[nH]c1=O. The van der Waals surface area contributed by atoms with E-state index < -0.39 is 32.7 Å². The molecule has 0 aliphatic rings. The van der Waals surface area contributed by atoms with Crippen molar-refractivity contribution in [1.82, 2.24) is 14.3 Å². The van der Waals surface area contributed by atoms with E-state index in [9.17, 15) is 23.1 Å². The van der Waals surface area contributed by atoms with Crippen LogP contribution in [0.1, 0.15) is 26.3 Å². The van der Waals surface area contributed by atoms with Gasteiger partial charge in [-0.25, -0.2) is 17.9 Å². The largest absolute Gasteiger partial charge is 0.494 e. The summed E-state index contributed by atoms with van der Waals surface area (Å²) in [5.41, 5.74) is -2.34. The number of nitrogens with zero attached hydrogens (tertiary/aromatic N) is 1. The van der Waals surface area contributed by atoms with Gasteiger partial charge >= 0.3 is 5.69 Å². The summed E-state index contributed by atoms with van der Waals surface area (Å²) in [6, 6.07) is 0. The Balaban J connectivity index is 3.29. The number of nitrogens with one attached hydrogen (secondary N) is 2. The molecule has 0 aliphatic heterocycles. The molecule has 0 saturated carbocycles. The molecule has 0 fully saturated rings. The molecule has 0 radical (unpaired) electrons. The first-order chi connectivity index (χ1) is 8.97. The van der Waals surface area contributed by atoms with Gasteiger partial charge in [-0.3, -0.25) is 14.3 Å². The minimum Gasteiger partial charge on any atom is -0.494 e. The summed E-state index contributed by atoms with van der Waals surface area (Å²) in [5.74, 6) is -0.440. The Labute approximate surface area is 116 Å². The number of H-pyrrole nitrogens is 1. The van der Waals surface area contributed by atoms with Gasteiger partial charge in [-0.15, -0.1) is 0 Å². The van der Waals surface area contributed by atoms with Crippen LogP contribution >= 0.6 is 0 Å². The van der Waals surface area contributed by atoms with Gasteiger partial charge in [0.15, 0.2) is 0 Å². The van der Waals surface area contributed by atoms with E-state index in [4.69, 9.17) is 0 Å². The molecule has 0 spiro atoms. The molecule has 9 heteroatoms. The van der Waals surface area contributed by atoms with Crippen LogP contribution in [0.3, 0.4) is 0 Å². The summed E-state index contributed by atoms with van der Waals surface area (Å²) >= 11 is 0. The van der Waals surface area contributed by atoms with Gasteiger partial charge in [-0.05, 0) is 20.3 Å². The van der Waals surface area contributed by atoms with Gasteiger partial charge in [0.2, 0.25) is 15.9 Å². The third-order valence-corrected chi connectivity index (χ3v) is 3.56. The second kappa shape index (κ2) is 5.41. The number of aromatic amines is 1. The molecule has 1 rings (SSSR count). The highest BCUT2D eigenvalue weighted by atomic mass is 32.2. The number of aromatic hydroxyl groups is 1. The molecule has 1 aromatic rings. The van der Waals surface area contributed by atoms with Crippen LogP contribution in [0.25, 0.3) is 0 Å². The van der Waals surface area contributed by atoms with Crippen LogP contribution in [-0.4, -0.2) is 34.9 Å². The van der Waals surface area contributed by atoms with E-state index in [2.05, 4.69) is 9.71 Å². The van der Waals surface area contributed by atoms with Crippen molar-refractivity contribution < 1.29 is 13.5 Å². The van der Waals surface area contributed by atoms with Crippen LogP contribution in [0.15, 0.2) is 9.59 Å². The lowest BCUT2D eigenvalue weighted by atomic mass is 10.1. The Hall–Kier alpha value is -1.61. The third kappa shape index (κ3) is 3.94. The zero-order valence-electron chi connectivity index (χ0n) is 11.8. The van der Waals surface area contributed by atoms with Gasteiger partial charge < -0.3 is 5.11 Å². The zero-order valence-corrected chi connectivity index (χ0v) is 12.7. The molecular formula is C11H19N3O5S. The van der Waals surface area contributed by atoms with Gasteiger partial charge in [-0.2, -0.15) is 0 Å². The highest BCUT2D eigenvalue weighted by Gasteiger charge is 2.25. The molecule has 0 bridgehead atoms. The third-order valence-electron chi connectivity index (χ3n) is 2.63. The van der Waals surface area contributed by atoms with Crippen molar-refractivity contribution in [1.29, 1.82) is 0 Å². The molecule has 3 N–H and O–H groups in total. The monoisotopic (exact) mass is 305 g/mol. The van der Waals surface area contributed by atoms with Crippen LogP contribution in [-0.2, 0) is 23.0 Å². The van der Waals surface area contributed by atoms with Gasteiger partial charge in [0.05, 0.1) is 11.8 Å².